The molecule has 0 N–H and O–H groups in total. The third-order valence-corrected chi connectivity index (χ3v) is 5.82. The predicted octanol–water partition coefficient (Wildman–Crippen LogP) is 3.78. The highest BCUT2D eigenvalue weighted by molar-refractivity contribution is 6.31. The van der Waals surface area contributed by atoms with E-state index in [-0.39, 0.29) is 11.2 Å². The number of anilines is 1. The zero-order valence-electron chi connectivity index (χ0n) is 17.1. The molecule has 1 aliphatic rings. The fourth-order valence-electron chi connectivity index (χ4n) is 3.96. The van der Waals surface area contributed by atoms with Crippen LogP contribution in [0.2, 0.25) is 5.02 Å². The number of halogens is 2. The Labute approximate surface area is 179 Å². The smallest absolute Gasteiger partial charge is 0.232 e. The lowest BCUT2D eigenvalue weighted by molar-refractivity contribution is 0.176. The van der Waals surface area contributed by atoms with Gasteiger partial charge in [-0.3, -0.25) is 4.57 Å². The largest absolute Gasteiger partial charge is 0.481 e. The van der Waals surface area contributed by atoms with Crippen molar-refractivity contribution < 1.29 is 13.9 Å². The number of pyridine rings is 1. The number of hydrogen-bond donors (Lipinski definition) is 0. The van der Waals surface area contributed by atoms with Crippen molar-refractivity contribution in [2.24, 2.45) is 0 Å². The van der Waals surface area contributed by atoms with E-state index in [4.69, 9.17) is 21.1 Å². The predicted molar refractivity (Wildman–Crippen MR) is 112 cm³/mol. The second-order valence-electron chi connectivity index (χ2n) is 7.60. The highest BCUT2D eigenvalue weighted by atomic mass is 35.5. The van der Waals surface area contributed by atoms with Crippen LogP contribution in [0.15, 0.2) is 36.5 Å². The van der Waals surface area contributed by atoms with Crippen LogP contribution in [0.1, 0.15) is 24.7 Å². The van der Waals surface area contributed by atoms with Crippen molar-refractivity contribution in [3.63, 3.8) is 0 Å². The minimum absolute atomic E-state index is 0.235. The van der Waals surface area contributed by atoms with Gasteiger partial charge in [0.15, 0.2) is 5.82 Å². The summed E-state index contributed by atoms with van der Waals surface area (Å²) in [6, 6.07) is 8.30. The van der Waals surface area contributed by atoms with E-state index in [2.05, 4.69) is 27.0 Å². The summed E-state index contributed by atoms with van der Waals surface area (Å²) in [4.78, 5) is 6.47. The van der Waals surface area contributed by atoms with Gasteiger partial charge in [-0.05, 0) is 30.2 Å². The fraction of sp³-hybridized carbons (Fsp3) is 0.381. The molecule has 1 aliphatic heterocycles. The number of benzene rings is 1. The van der Waals surface area contributed by atoms with Crippen molar-refractivity contribution in [3.05, 3.63) is 58.8 Å². The van der Waals surface area contributed by atoms with Crippen molar-refractivity contribution in [3.8, 4) is 11.6 Å². The van der Waals surface area contributed by atoms with E-state index in [0.29, 0.717) is 35.8 Å². The molecule has 3 heterocycles. The number of hydrogen-bond acceptors (Lipinski definition) is 6. The van der Waals surface area contributed by atoms with Crippen LogP contribution in [0, 0.1) is 5.82 Å². The molecule has 0 radical (unpaired) electrons. The molecule has 2 aromatic heterocycles. The van der Waals surface area contributed by atoms with Gasteiger partial charge < -0.3 is 14.4 Å². The van der Waals surface area contributed by atoms with Crippen LogP contribution in [0.4, 0.5) is 10.3 Å². The van der Waals surface area contributed by atoms with Crippen LogP contribution in [-0.2, 0) is 16.8 Å². The Morgan fingerprint density at radius 1 is 1.20 bits per heavy atom. The topological polar surface area (TPSA) is 65.3 Å². The van der Waals surface area contributed by atoms with Gasteiger partial charge in [-0.1, -0.05) is 24.6 Å². The normalized spacial score (nSPS) is 18.8. The molecular weight excluding hydrogens is 409 g/mol. The van der Waals surface area contributed by atoms with Crippen molar-refractivity contribution in [1.82, 2.24) is 19.7 Å². The summed E-state index contributed by atoms with van der Waals surface area (Å²) in [5, 5.41) is 9.21. The second kappa shape index (κ2) is 8.20. The van der Waals surface area contributed by atoms with E-state index < -0.39 is 0 Å². The number of ether oxygens (including phenoxy) is 2. The molecular formula is C21H23ClFN5O2. The molecule has 7 nitrogen and oxygen atoms in total. The molecule has 1 atom stereocenters. The summed E-state index contributed by atoms with van der Waals surface area (Å²) in [5.74, 6) is 1.57. The Bertz CT molecular complexity index is 1040. The molecule has 30 heavy (non-hydrogen) atoms. The summed E-state index contributed by atoms with van der Waals surface area (Å²) < 4.78 is 25.9. The first-order chi connectivity index (χ1) is 14.4. The Kier molecular flexibility index (Phi) is 5.62. The molecule has 1 saturated heterocycles. The van der Waals surface area contributed by atoms with Gasteiger partial charge in [-0.25, -0.2) is 9.37 Å². The lowest BCUT2D eigenvalue weighted by atomic mass is 9.82. The minimum Gasteiger partial charge on any atom is -0.481 e. The van der Waals surface area contributed by atoms with E-state index in [1.807, 2.05) is 10.6 Å². The minimum atomic E-state index is -0.335. The summed E-state index contributed by atoms with van der Waals surface area (Å²) >= 11 is 6.37. The maximum Gasteiger partial charge on any atom is 0.232 e. The second-order valence-corrected chi connectivity index (χ2v) is 8.01. The van der Waals surface area contributed by atoms with Gasteiger partial charge in [0.2, 0.25) is 11.8 Å². The molecule has 0 amide bonds. The Hall–Kier alpha value is -2.71. The van der Waals surface area contributed by atoms with Crippen LogP contribution in [0.5, 0.6) is 5.88 Å². The Morgan fingerprint density at radius 3 is 2.70 bits per heavy atom. The summed E-state index contributed by atoms with van der Waals surface area (Å²) in [6.07, 6.45) is 2.57. The quantitative estimate of drug-likeness (QED) is 0.591. The monoisotopic (exact) mass is 431 g/mol. The first kappa shape index (κ1) is 20.6. The molecule has 0 bridgehead atoms. The SMILES string of the molecule is COCc1nnc(N2CC[C@@](C)(c3ccc(F)cc3Cl)C2)n1-c1ccc(OC)nc1. The first-order valence-electron chi connectivity index (χ1n) is 9.59. The molecule has 0 unspecified atom stereocenters. The summed E-state index contributed by atoms with van der Waals surface area (Å²) in [6.45, 7) is 3.89. The fourth-order valence-corrected chi connectivity index (χ4v) is 4.35. The van der Waals surface area contributed by atoms with E-state index >= 15 is 0 Å². The average molecular weight is 432 g/mol. The number of aromatic nitrogens is 4. The zero-order chi connectivity index (χ0) is 21.3. The molecule has 1 fully saturated rings. The lowest BCUT2D eigenvalue weighted by Crippen LogP contribution is -2.30. The van der Waals surface area contributed by atoms with E-state index in [1.54, 1.807) is 32.5 Å². The zero-order valence-corrected chi connectivity index (χ0v) is 17.9. The molecule has 1 aromatic carbocycles. The standard InChI is InChI=1S/C21H23ClFN5O2/c1-21(16-6-4-14(23)10-17(16)22)8-9-27(13-21)20-26-25-18(12-29-2)28(20)15-5-7-19(30-3)24-11-15/h4-7,10-11H,8-9,12-13H2,1-3H3/t21-/m1/s1. The van der Waals surface area contributed by atoms with Crippen molar-refractivity contribution in [1.29, 1.82) is 0 Å². The van der Waals surface area contributed by atoms with E-state index in [9.17, 15) is 4.39 Å². The van der Waals surface area contributed by atoms with Crippen LogP contribution in [0.25, 0.3) is 5.69 Å². The summed E-state index contributed by atoms with van der Waals surface area (Å²) in [5.41, 5.74) is 1.51. The third-order valence-electron chi connectivity index (χ3n) is 5.51. The number of methoxy groups -OCH3 is 2. The molecule has 0 aliphatic carbocycles. The molecule has 0 saturated carbocycles. The Balaban J connectivity index is 1.69. The van der Waals surface area contributed by atoms with Crippen LogP contribution < -0.4 is 9.64 Å². The highest BCUT2D eigenvalue weighted by Crippen LogP contribution is 2.40. The van der Waals surface area contributed by atoms with Gasteiger partial charge in [0, 0.05) is 36.7 Å². The number of nitrogens with zero attached hydrogens (tertiary/aromatic N) is 5. The van der Waals surface area contributed by atoms with Crippen LogP contribution in [-0.4, -0.2) is 47.1 Å². The van der Waals surface area contributed by atoms with Crippen molar-refractivity contribution >= 4 is 17.5 Å². The van der Waals surface area contributed by atoms with Gasteiger partial charge >= 0.3 is 0 Å². The third kappa shape index (κ3) is 3.73. The maximum absolute atomic E-state index is 13.5. The van der Waals surface area contributed by atoms with E-state index in [1.165, 1.54) is 12.1 Å². The van der Waals surface area contributed by atoms with Gasteiger partial charge in [0.05, 0.1) is 19.0 Å². The molecule has 158 valence electrons. The van der Waals surface area contributed by atoms with Gasteiger partial charge in [-0.2, -0.15) is 0 Å². The van der Waals surface area contributed by atoms with E-state index in [0.717, 1.165) is 24.2 Å². The van der Waals surface area contributed by atoms with Crippen LogP contribution in [0.3, 0.4) is 0 Å². The van der Waals surface area contributed by atoms with Gasteiger partial charge in [-0.15, -0.1) is 10.2 Å². The lowest BCUT2D eigenvalue weighted by Gasteiger charge is -2.27. The average Bonchev–Trinajstić information content (AvgIpc) is 3.32. The molecule has 4 rings (SSSR count). The first-order valence-corrected chi connectivity index (χ1v) is 9.97. The van der Waals surface area contributed by atoms with Crippen LogP contribution >= 0.6 is 11.6 Å². The Morgan fingerprint density at radius 2 is 2.03 bits per heavy atom. The number of rotatable bonds is 6. The summed E-state index contributed by atoms with van der Waals surface area (Å²) in [7, 11) is 3.20. The maximum atomic E-state index is 13.5. The highest BCUT2D eigenvalue weighted by Gasteiger charge is 2.39. The van der Waals surface area contributed by atoms with Crippen molar-refractivity contribution in [2.75, 3.05) is 32.2 Å². The van der Waals surface area contributed by atoms with Crippen molar-refractivity contribution in [2.45, 2.75) is 25.4 Å². The molecule has 3 aromatic rings. The van der Waals surface area contributed by atoms with Gasteiger partial charge in [0.25, 0.3) is 0 Å². The van der Waals surface area contributed by atoms with Gasteiger partial charge in [0.1, 0.15) is 12.4 Å². The molecule has 0 spiro atoms. The molecule has 9 heteroatoms.